The average Bonchev–Trinajstić information content (AvgIpc) is 2.28. The second kappa shape index (κ2) is 6.08. The standard InChI is InChI=1S/C11H22N2O2/c1-3-6-13-7-4-9(5-8-13)10(12)11(14)15-2/h9-10H,3-8,12H2,1-2H3. The van der Waals surface area contributed by atoms with Crippen LogP contribution in [0.15, 0.2) is 0 Å². The summed E-state index contributed by atoms with van der Waals surface area (Å²) in [6.45, 7) is 5.46. The quantitative estimate of drug-likeness (QED) is 0.697. The monoisotopic (exact) mass is 214 g/mol. The van der Waals surface area contributed by atoms with Crippen LogP contribution >= 0.6 is 0 Å². The molecule has 0 spiro atoms. The lowest BCUT2D eigenvalue weighted by molar-refractivity contribution is -0.144. The van der Waals surface area contributed by atoms with E-state index in [4.69, 9.17) is 5.73 Å². The number of hydrogen-bond acceptors (Lipinski definition) is 4. The molecule has 15 heavy (non-hydrogen) atoms. The molecule has 0 radical (unpaired) electrons. The molecule has 4 heteroatoms. The van der Waals surface area contributed by atoms with E-state index in [0.29, 0.717) is 5.92 Å². The zero-order valence-corrected chi connectivity index (χ0v) is 9.74. The number of carbonyl (C=O) groups is 1. The molecule has 1 unspecified atom stereocenters. The predicted molar refractivity (Wildman–Crippen MR) is 59.4 cm³/mol. The van der Waals surface area contributed by atoms with Crippen molar-refractivity contribution < 1.29 is 9.53 Å². The van der Waals surface area contributed by atoms with E-state index in [2.05, 4.69) is 16.6 Å². The lowest BCUT2D eigenvalue weighted by Gasteiger charge is -2.33. The summed E-state index contributed by atoms with van der Waals surface area (Å²) in [5.74, 6) is 0.0227. The van der Waals surface area contributed by atoms with Gasteiger partial charge in [0, 0.05) is 0 Å². The van der Waals surface area contributed by atoms with Gasteiger partial charge in [-0.3, -0.25) is 4.79 Å². The maximum absolute atomic E-state index is 11.3. The number of likely N-dealkylation sites (tertiary alicyclic amines) is 1. The highest BCUT2D eigenvalue weighted by molar-refractivity contribution is 5.75. The molecule has 88 valence electrons. The molecule has 0 amide bonds. The van der Waals surface area contributed by atoms with Gasteiger partial charge in [0.1, 0.15) is 6.04 Å². The number of rotatable bonds is 4. The van der Waals surface area contributed by atoms with Gasteiger partial charge < -0.3 is 15.4 Å². The summed E-state index contributed by atoms with van der Waals surface area (Å²) in [6, 6.07) is -0.432. The molecular weight excluding hydrogens is 192 g/mol. The van der Waals surface area contributed by atoms with Crippen molar-refractivity contribution in [1.29, 1.82) is 0 Å². The number of esters is 1. The molecule has 0 aromatic carbocycles. The van der Waals surface area contributed by atoms with Gasteiger partial charge in [-0.2, -0.15) is 0 Å². The Morgan fingerprint density at radius 1 is 1.53 bits per heavy atom. The number of ether oxygens (including phenoxy) is 1. The van der Waals surface area contributed by atoms with Crippen LogP contribution in [0.1, 0.15) is 26.2 Å². The van der Waals surface area contributed by atoms with E-state index in [1.54, 1.807) is 0 Å². The third kappa shape index (κ3) is 3.47. The van der Waals surface area contributed by atoms with Gasteiger partial charge in [0.25, 0.3) is 0 Å². The first-order valence-electron chi connectivity index (χ1n) is 5.74. The molecule has 1 atom stereocenters. The summed E-state index contributed by atoms with van der Waals surface area (Å²) < 4.78 is 4.66. The average molecular weight is 214 g/mol. The molecule has 0 aliphatic carbocycles. The van der Waals surface area contributed by atoms with Crippen LogP contribution in [0.5, 0.6) is 0 Å². The Bertz CT molecular complexity index is 201. The van der Waals surface area contributed by atoms with Crippen molar-refractivity contribution in [3.05, 3.63) is 0 Å². The van der Waals surface area contributed by atoms with E-state index < -0.39 is 6.04 Å². The first-order valence-corrected chi connectivity index (χ1v) is 5.74. The summed E-state index contributed by atoms with van der Waals surface area (Å²) in [7, 11) is 1.40. The van der Waals surface area contributed by atoms with Crippen molar-refractivity contribution in [2.24, 2.45) is 11.7 Å². The van der Waals surface area contributed by atoms with Crippen molar-refractivity contribution in [1.82, 2.24) is 4.90 Å². The summed E-state index contributed by atoms with van der Waals surface area (Å²) in [4.78, 5) is 13.7. The summed E-state index contributed by atoms with van der Waals surface area (Å²) in [5, 5.41) is 0. The minimum absolute atomic E-state index is 0.274. The van der Waals surface area contributed by atoms with Gasteiger partial charge in [0.2, 0.25) is 0 Å². The Balaban J connectivity index is 2.33. The molecule has 0 saturated carbocycles. The van der Waals surface area contributed by atoms with Crippen LogP contribution in [0.2, 0.25) is 0 Å². The normalized spacial score (nSPS) is 21.3. The smallest absolute Gasteiger partial charge is 0.322 e. The maximum Gasteiger partial charge on any atom is 0.322 e. The van der Waals surface area contributed by atoms with E-state index in [0.717, 1.165) is 32.5 Å². The van der Waals surface area contributed by atoms with E-state index in [1.807, 2.05) is 0 Å². The van der Waals surface area contributed by atoms with Gasteiger partial charge in [-0.15, -0.1) is 0 Å². The zero-order chi connectivity index (χ0) is 11.3. The topological polar surface area (TPSA) is 55.6 Å². The lowest BCUT2D eigenvalue weighted by atomic mass is 9.90. The molecule has 0 aromatic heterocycles. The summed E-state index contributed by atoms with van der Waals surface area (Å²) in [6.07, 6.45) is 3.21. The van der Waals surface area contributed by atoms with Crippen LogP contribution in [0.25, 0.3) is 0 Å². The van der Waals surface area contributed by atoms with Gasteiger partial charge in [0.15, 0.2) is 0 Å². The Hall–Kier alpha value is -0.610. The van der Waals surface area contributed by atoms with E-state index in [-0.39, 0.29) is 5.97 Å². The molecule has 1 aliphatic heterocycles. The van der Waals surface area contributed by atoms with Crippen molar-refractivity contribution in [3.8, 4) is 0 Å². The fourth-order valence-corrected chi connectivity index (χ4v) is 2.18. The Morgan fingerprint density at radius 2 is 2.13 bits per heavy atom. The van der Waals surface area contributed by atoms with E-state index in [9.17, 15) is 4.79 Å². The van der Waals surface area contributed by atoms with Crippen LogP contribution in [0.4, 0.5) is 0 Å². The fraction of sp³-hybridized carbons (Fsp3) is 0.909. The van der Waals surface area contributed by atoms with Crippen LogP contribution in [-0.4, -0.2) is 43.7 Å². The number of piperidine rings is 1. The summed E-state index contributed by atoms with van der Waals surface area (Å²) >= 11 is 0. The highest BCUT2D eigenvalue weighted by Gasteiger charge is 2.28. The number of methoxy groups -OCH3 is 1. The second-order valence-corrected chi connectivity index (χ2v) is 4.23. The van der Waals surface area contributed by atoms with Crippen LogP contribution in [-0.2, 0) is 9.53 Å². The van der Waals surface area contributed by atoms with Crippen LogP contribution in [0, 0.1) is 5.92 Å². The maximum atomic E-state index is 11.3. The van der Waals surface area contributed by atoms with Crippen molar-refractivity contribution in [2.75, 3.05) is 26.7 Å². The Kier molecular flexibility index (Phi) is 5.05. The highest BCUT2D eigenvalue weighted by Crippen LogP contribution is 2.20. The van der Waals surface area contributed by atoms with Crippen molar-refractivity contribution >= 4 is 5.97 Å². The van der Waals surface area contributed by atoms with Crippen LogP contribution < -0.4 is 5.73 Å². The number of hydrogen-bond donors (Lipinski definition) is 1. The third-order valence-electron chi connectivity index (χ3n) is 3.15. The predicted octanol–water partition coefficient (Wildman–Crippen LogP) is 0.609. The first-order chi connectivity index (χ1) is 7.19. The molecule has 1 rings (SSSR count). The molecule has 1 aliphatic rings. The van der Waals surface area contributed by atoms with Gasteiger partial charge in [-0.1, -0.05) is 6.92 Å². The molecule has 2 N–H and O–H groups in total. The van der Waals surface area contributed by atoms with Gasteiger partial charge in [-0.25, -0.2) is 0 Å². The van der Waals surface area contributed by atoms with Gasteiger partial charge in [-0.05, 0) is 44.8 Å². The van der Waals surface area contributed by atoms with Gasteiger partial charge in [0.05, 0.1) is 7.11 Å². The number of nitrogens with two attached hydrogens (primary N) is 1. The molecular formula is C11H22N2O2. The lowest BCUT2D eigenvalue weighted by Crippen LogP contribution is -2.45. The first kappa shape index (κ1) is 12.5. The largest absolute Gasteiger partial charge is 0.468 e. The molecule has 0 aromatic rings. The molecule has 1 heterocycles. The minimum atomic E-state index is -0.432. The van der Waals surface area contributed by atoms with Crippen molar-refractivity contribution in [3.63, 3.8) is 0 Å². The summed E-state index contributed by atoms with van der Waals surface area (Å²) in [5.41, 5.74) is 5.83. The third-order valence-corrected chi connectivity index (χ3v) is 3.15. The number of nitrogens with zero attached hydrogens (tertiary/aromatic N) is 1. The van der Waals surface area contributed by atoms with Crippen molar-refractivity contribution in [2.45, 2.75) is 32.2 Å². The Morgan fingerprint density at radius 3 is 2.60 bits per heavy atom. The second-order valence-electron chi connectivity index (χ2n) is 4.23. The molecule has 0 bridgehead atoms. The SMILES string of the molecule is CCCN1CCC(C(N)C(=O)OC)CC1. The molecule has 1 saturated heterocycles. The highest BCUT2D eigenvalue weighted by atomic mass is 16.5. The number of carbonyl (C=O) groups excluding carboxylic acids is 1. The van der Waals surface area contributed by atoms with Gasteiger partial charge >= 0.3 is 5.97 Å². The van der Waals surface area contributed by atoms with Crippen LogP contribution in [0.3, 0.4) is 0 Å². The van der Waals surface area contributed by atoms with E-state index >= 15 is 0 Å². The molecule has 4 nitrogen and oxygen atoms in total. The molecule has 1 fully saturated rings. The minimum Gasteiger partial charge on any atom is -0.468 e. The fourth-order valence-electron chi connectivity index (χ4n) is 2.18. The van der Waals surface area contributed by atoms with E-state index in [1.165, 1.54) is 13.5 Å². The zero-order valence-electron chi connectivity index (χ0n) is 9.74. The Labute approximate surface area is 91.8 Å².